The summed E-state index contributed by atoms with van der Waals surface area (Å²) < 4.78 is 4.47. The van der Waals surface area contributed by atoms with Gasteiger partial charge in [-0.05, 0) is 6.07 Å². The highest BCUT2D eigenvalue weighted by Gasteiger charge is 2.10. The summed E-state index contributed by atoms with van der Waals surface area (Å²) in [7, 11) is 1.30. The van der Waals surface area contributed by atoms with E-state index >= 15 is 0 Å². The van der Waals surface area contributed by atoms with Crippen molar-refractivity contribution in [3.63, 3.8) is 0 Å². The Hall–Kier alpha value is -1.89. The molecule has 0 unspecified atom stereocenters. The molecule has 0 saturated heterocycles. The minimum absolute atomic E-state index is 0.331. The second kappa shape index (κ2) is 3.49. The lowest BCUT2D eigenvalue weighted by Gasteiger charge is -1.94. The molecule has 1 aromatic rings. The Morgan fingerprint density at radius 2 is 2.33 bits per heavy atom. The Morgan fingerprint density at radius 3 is 2.92 bits per heavy atom. The predicted molar refractivity (Wildman–Crippen MR) is 42.5 cm³/mol. The van der Waals surface area contributed by atoms with E-state index in [1.807, 2.05) is 0 Å². The first-order valence-corrected chi connectivity index (χ1v) is 3.31. The molecule has 1 aromatic carbocycles. The minimum Gasteiger partial charge on any atom is -0.465 e. The number of nitrogens with zero attached hydrogens (tertiary/aromatic N) is 2. The molecule has 12 heavy (non-hydrogen) atoms. The molecular formula is C8H7N2O2+. The van der Waals surface area contributed by atoms with Gasteiger partial charge in [0.05, 0.1) is 12.7 Å². The number of carbonyl (C=O) groups is 1. The standard InChI is InChI=1S/C8H7N2O2/c1-12-8(11)6-3-2-4-7(5-6)10-9/h2-5H,1H3/q+1. The molecule has 0 fully saturated rings. The SMILES string of the molecule is COC(=O)c1cccc([N+]#N)c1. The summed E-state index contributed by atoms with van der Waals surface area (Å²) in [5.41, 5.74) is 0.700. The van der Waals surface area contributed by atoms with E-state index in [2.05, 4.69) is 9.71 Å². The molecule has 0 saturated carbocycles. The van der Waals surface area contributed by atoms with E-state index in [9.17, 15) is 4.79 Å². The van der Waals surface area contributed by atoms with Gasteiger partial charge in [-0.1, -0.05) is 6.07 Å². The summed E-state index contributed by atoms with van der Waals surface area (Å²) in [4.78, 5) is 13.9. The topological polar surface area (TPSA) is 54.5 Å². The first kappa shape index (κ1) is 8.21. The molecule has 0 N–H and O–H groups in total. The van der Waals surface area contributed by atoms with Gasteiger partial charge in [0, 0.05) is 12.1 Å². The minimum atomic E-state index is -0.444. The second-order valence-corrected chi connectivity index (χ2v) is 2.14. The van der Waals surface area contributed by atoms with Gasteiger partial charge in [-0.25, -0.2) is 4.79 Å². The van der Waals surface area contributed by atoms with Crippen molar-refractivity contribution in [1.82, 2.24) is 0 Å². The van der Waals surface area contributed by atoms with Crippen LogP contribution in [-0.2, 0) is 4.74 Å². The first-order chi connectivity index (χ1) is 5.77. The Labute approximate surface area is 69.4 Å². The molecule has 0 aromatic heterocycles. The number of ether oxygens (including phenoxy) is 1. The van der Waals surface area contributed by atoms with E-state index in [0.717, 1.165) is 0 Å². The largest absolute Gasteiger partial charge is 0.465 e. The Balaban J connectivity index is 3.04. The van der Waals surface area contributed by atoms with Gasteiger partial charge in [0.25, 0.3) is 0 Å². The fraction of sp³-hybridized carbons (Fsp3) is 0.125. The molecule has 4 heteroatoms. The van der Waals surface area contributed by atoms with Crippen LogP contribution in [0, 0.1) is 5.39 Å². The fourth-order valence-corrected chi connectivity index (χ4v) is 0.813. The van der Waals surface area contributed by atoms with E-state index in [1.54, 1.807) is 18.2 Å². The molecule has 0 aliphatic carbocycles. The van der Waals surface area contributed by atoms with Gasteiger partial charge in [0.15, 0.2) is 4.98 Å². The molecule has 4 nitrogen and oxygen atoms in total. The second-order valence-electron chi connectivity index (χ2n) is 2.14. The monoisotopic (exact) mass is 163 g/mol. The van der Waals surface area contributed by atoms with Crippen molar-refractivity contribution in [2.75, 3.05) is 7.11 Å². The molecule has 0 radical (unpaired) electrons. The van der Waals surface area contributed by atoms with Crippen LogP contribution >= 0.6 is 0 Å². The van der Waals surface area contributed by atoms with Gasteiger partial charge < -0.3 is 4.74 Å². The van der Waals surface area contributed by atoms with Gasteiger partial charge in [-0.15, -0.1) is 0 Å². The third-order valence-corrected chi connectivity index (χ3v) is 1.38. The molecule has 0 spiro atoms. The van der Waals surface area contributed by atoms with Crippen molar-refractivity contribution in [2.45, 2.75) is 0 Å². The normalized spacial score (nSPS) is 8.67. The summed E-state index contributed by atoms with van der Waals surface area (Å²) >= 11 is 0. The number of rotatable bonds is 1. The molecule has 1 rings (SSSR count). The fourth-order valence-electron chi connectivity index (χ4n) is 0.813. The Kier molecular flexibility index (Phi) is 2.38. The third-order valence-electron chi connectivity index (χ3n) is 1.38. The Bertz CT molecular complexity index is 341. The number of benzene rings is 1. The lowest BCUT2D eigenvalue weighted by Crippen LogP contribution is -1.99. The van der Waals surface area contributed by atoms with Crippen LogP contribution < -0.4 is 0 Å². The smallest absolute Gasteiger partial charge is 0.385 e. The molecule has 60 valence electrons. The maximum atomic E-state index is 10.9. The van der Waals surface area contributed by atoms with E-state index in [-0.39, 0.29) is 0 Å². The number of esters is 1. The van der Waals surface area contributed by atoms with Gasteiger partial charge >= 0.3 is 11.7 Å². The average molecular weight is 163 g/mol. The van der Waals surface area contributed by atoms with Gasteiger partial charge in [-0.2, -0.15) is 0 Å². The van der Waals surface area contributed by atoms with E-state index in [4.69, 9.17) is 5.39 Å². The van der Waals surface area contributed by atoms with Crippen LogP contribution in [0.2, 0.25) is 0 Å². The molecule has 0 heterocycles. The van der Waals surface area contributed by atoms with Crippen molar-refractivity contribution in [2.24, 2.45) is 0 Å². The molecule has 0 aliphatic heterocycles. The number of methoxy groups -OCH3 is 1. The highest BCUT2D eigenvalue weighted by atomic mass is 16.5. The number of diazo groups is 1. The molecule has 0 aliphatic rings. The lowest BCUT2D eigenvalue weighted by molar-refractivity contribution is 0.0601. The van der Waals surface area contributed by atoms with Crippen LogP contribution in [-0.4, -0.2) is 13.1 Å². The average Bonchev–Trinajstić information content (AvgIpc) is 2.17. The van der Waals surface area contributed by atoms with E-state index in [0.29, 0.717) is 11.3 Å². The van der Waals surface area contributed by atoms with Crippen LogP contribution in [0.15, 0.2) is 24.3 Å². The van der Waals surface area contributed by atoms with Crippen LogP contribution in [0.5, 0.6) is 0 Å². The zero-order chi connectivity index (χ0) is 8.97. The molecule has 0 atom stereocenters. The summed E-state index contributed by atoms with van der Waals surface area (Å²) in [5, 5.41) is 8.39. The van der Waals surface area contributed by atoms with E-state index < -0.39 is 5.97 Å². The van der Waals surface area contributed by atoms with Crippen molar-refractivity contribution in [1.29, 1.82) is 5.39 Å². The van der Waals surface area contributed by atoms with Crippen LogP contribution in [0.3, 0.4) is 0 Å². The summed E-state index contributed by atoms with van der Waals surface area (Å²) in [6.45, 7) is 0. The maximum Gasteiger partial charge on any atom is 0.385 e. The van der Waals surface area contributed by atoms with E-state index in [1.165, 1.54) is 13.2 Å². The van der Waals surface area contributed by atoms with Crippen molar-refractivity contribution < 1.29 is 9.53 Å². The van der Waals surface area contributed by atoms with Crippen LogP contribution in [0.25, 0.3) is 4.98 Å². The first-order valence-electron chi connectivity index (χ1n) is 3.31. The lowest BCUT2D eigenvalue weighted by atomic mass is 10.2. The highest BCUT2D eigenvalue weighted by Crippen LogP contribution is 2.13. The molecule has 0 amide bonds. The zero-order valence-electron chi connectivity index (χ0n) is 6.52. The maximum absolute atomic E-state index is 10.9. The van der Waals surface area contributed by atoms with Gasteiger partial charge in [0.2, 0.25) is 5.39 Å². The van der Waals surface area contributed by atoms with Crippen molar-refractivity contribution in [3.8, 4) is 0 Å². The quantitative estimate of drug-likeness (QED) is 0.469. The Morgan fingerprint density at radius 1 is 1.58 bits per heavy atom. The number of hydrogen-bond acceptors (Lipinski definition) is 3. The third kappa shape index (κ3) is 1.58. The highest BCUT2D eigenvalue weighted by molar-refractivity contribution is 5.90. The number of carbonyl (C=O) groups excluding carboxylic acids is 1. The summed E-state index contributed by atoms with van der Waals surface area (Å²) in [6, 6.07) is 6.21. The molecule has 0 bridgehead atoms. The van der Waals surface area contributed by atoms with Crippen molar-refractivity contribution >= 4 is 11.7 Å². The van der Waals surface area contributed by atoms with Crippen LogP contribution in [0.1, 0.15) is 10.4 Å². The van der Waals surface area contributed by atoms with Gasteiger partial charge in [0.1, 0.15) is 0 Å². The molecular weight excluding hydrogens is 156 g/mol. The predicted octanol–water partition coefficient (Wildman–Crippen LogP) is 1.96. The summed E-state index contributed by atoms with van der Waals surface area (Å²) in [5.74, 6) is -0.444. The summed E-state index contributed by atoms with van der Waals surface area (Å²) in [6.07, 6.45) is 0. The number of hydrogen-bond donors (Lipinski definition) is 0. The van der Waals surface area contributed by atoms with Crippen LogP contribution in [0.4, 0.5) is 5.69 Å². The van der Waals surface area contributed by atoms with Crippen molar-refractivity contribution in [3.05, 3.63) is 34.8 Å². The zero-order valence-corrected chi connectivity index (χ0v) is 6.52. The van der Waals surface area contributed by atoms with Gasteiger partial charge in [-0.3, -0.25) is 0 Å².